The van der Waals surface area contributed by atoms with Crippen LogP contribution in [0.2, 0.25) is 0 Å². The third kappa shape index (κ3) is 3.99. The van der Waals surface area contributed by atoms with Gasteiger partial charge in [-0.05, 0) is 61.0 Å². The molecule has 2 heterocycles. The van der Waals surface area contributed by atoms with Crippen LogP contribution in [0.5, 0.6) is 11.5 Å². The summed E-state index contributed by atoms with van der Waals surface area (Å²) in [6, 6.07) is 21.3. The number of nitrogen functional groups attached to an aromatic ring is 1. The molecular formula is C23H19N7O. The summed E-state index contributed by atoms with van der Waals surface area (Å²) in [6.07, 6.45) is 1.67. The van der Waals surface area contributed by atoms with Gasteiger partial charge in [0.25, 0.3) is 0 Å². The van der Waals surface area contributed by atoms with Crippen LogP contribution in [0.25, 0.3) is 22.3 Å². The van der Waals surface area contributed by atoms with E-state index in [0.717, 1.165) is 27.7 Å². The van der Waals surface area contributed by atoms with Crippen LogP contribution >= 0.6 is 0 Å². The first-order valence-corrected chi connectivity index (χ1v) is 9.70. The lowest BCUT2D eigenvalue weighted by atomic mass is 10.2. The first-order valence-electron chi connectivity index (χ1n) is 9.70. The minimum Gasteiger partial charge on any atom is -0.457 e. The molecule has 5 aromatic rings. The van der Waals surface area contributed by atoms with Gasteiger partial charge in [-0.2, -0.15) is 4.98 Å². The third-order valence-electron chi connectivity index (χ3n) is 4.72. The molecule has 8 heteroatoms. The Bertz CT molecular complexity index is 1360. The molecule has 2 aromatic heterocycles. The number of ether oxygens (including phenoxy) is 1. The van der Waals surface area contributed by atoms with Crippen molar-refractivity contribution >= 4 is 28.5 Å². The van der Waals surface area contributed by atoms with Crippen LogP contribution in [0, 0.1) is 6.92 Å². The van der Waals surface area contributed by atoms with Gasteiger partial charge in [0.05, 0.1) is 10.9 Å². The summed E-state index contributed by atoms with van der Waals surface area (Å²) in [5, 5.41) is 11.2. The monoisotopic (exact) mass is 409 g/mol. The van der Waals surface area contributed by atoms with Gasteiger partial charge in [0.2, 0.25) is 11.9 Å². The highest BCUT2D eigenvalue weighted by Gasteiger charge is 2.09. The number of anilines is 3. The minimum atomic E-state index is 0.234. The number of nitrogens with one attached hydrogen (secondary N) is 2. The molecule has 31 heavy (non-hydrogen) atoms. The number of nitrogens with zero attached hydrogens (tertiary/aromatic N) is 4. The molecule has 0 spiro atoms. The number of aromatic amines is 1. The van der Waals surface area contributed by atoms with E-state index in [1.807, 2.05) is 73.7 Å². The van der Waals surface area contributed by atoms with Crippen molar-refractivity contribution in [3.8, 4) is 22.9 Å². The van der Waals surface area contributed by atoms with Crippen LogP contribution < -0.4 is 15.8 Å². The van der Waals surface area contributed by atoms with Crippen molar-refractivity contribution in [2.75, 3.05) is 11.1 Å². The van der Waals surface area contributed by atoms with E-state index < -0.39 is 0 Å². The average molecular weight is 409 g/mol. The van der Waals surface area contributed by atoms with Gasteiger partial charge in [-0.3, -0.25) is 5.10 Å². The SMILES string of the molecule is Cc1cccc(Nc2n[nH]c(-c3ccc(Oc4cccc5nc(N)ncc45)cc3)n2)c1. The van der Waals surface area contributed by atoms with Crippen molar-refractivity contribution in [1.29, 1.82) is 0 Å². The lowest BCUT2D eigenvalue weighted by molar-refractivity contribution is 0.488. The van der Waals surface area contributed by atoms with Crippen molar-refractivity contribution in [3.05, 3.63) is 78.5 Å². The molecule has 0 amide bonds. The van der Waals surface area contributed by atoms with E-state index in [2.05, 4.69) is 30.5 Å². The van der Waals surface area contributed by atoms with E-state index in [0.29, 0.717) is 23.3 Å². The molecule has 5 rings (SSSR count). The summed E-state index contributed by atoms with van der Waals surface area (Å²) in [5.74, 6) is 2.75. The highest BCUT2D eigenvalue weighted by atomic mass is 16.5. The van der Waals surface area contributed by atoms with Gasteiger partial charge < -0.3 is 15.8 Å². The first kappa shape index (κ1) is 18.6. The van der Waals surface area contributed by atoms with Crippen LogP contribution in [0.4, 0.5) is 17.6 Å². The Labute approximate surface area is 178 Å². The highest BCUT2D eigenvalue weighted by Crippen LogP contribution is 2.30. The predicted octanol–water partition coefficient (Wildman–Crippen LogP) is 4.84. The van der Waals surface area contributed by atoms with E-state index in [4.69, 9.17) is 10.5 Å². The number of hydrogen-bond acceptors (Lipinski definition) is 7. The van der Waals surface area contributed by atoms with Crippen LogP contribution in [0.15, 0.2) is 72.9 Å². The zero-order chi connectivity index (χ0) is 21.2. The lowest BCUT2D eigenvalue weighted by Gasteiger charge is -2.09. The van der Waals surface area contributed by atoms with Gasteiger partial charge >= 0.3 is 0 Å². The van der Waals surface area contributed by atoms with Crippen LogP contribution in [0.3, 0.4) is 0 Å². The molecule has 0 aliphatic carbocycles. The molecule has 0 radical (unpaired) electrons. The van der Waals surface area contributed by atoms with Crippen molar-refractivity contribution in [3.63, 3.8) is 0 Å². The normalized spacial score (nSPS) is 10.9. The summed E-state index contributed by atoms with van der Waals surface area (Å²) >= 11 is 0. The van der Waals surface area contributed by atoms with Gasteiger partial charge in [-0.25, -0.2) is 9.97 Å². The smallest absolute Gasteiger partial charge is 0.246 e. The van der Waals surface area contributed by atoms with Gasteiger partial charge in [-0.15, -0.1) is 5.10 Å². The Hall–Kier alpha value is -4.46. The Morgan fingerprint density at radius 1 is 0.968 bits per heavy atom. The zero-order valence-corrected chi connectivity index (χ0v) is 16.7. The number of aromatic nitrogens is 5. The molecule has 0 saturated carbocycles. The van der Waals surface area contributed by atoms with Crippen LogP contribution in [-0.2, 0) is 0 Å². The topological polar surface area (TPSA) is 115 Å². The summed E-state index contributed by atoms with van der Waals surface area (Å²) in [7, 11) is 0. The minimum absolute atomic E-state index is 0.234. The predicted molar refractivity (Wildman–Crippen MR) is 120 cm³/mol. The summed E-state index contributed by atoms with van der Waals surface area (Å²) in [5.41, 5.74) is 9.40. The lowest BCUT2D eigenvalue weighted by Crippen LogP contribution is -1.95. The molecule has 0 aliphatic heterocycles. The second-order valence-electron chi connectivity index (χ2n) is 7.05. The van der Waals surface area contributed by atoms with E-state index in [1.165, 1.54) is 0 Å². The van der Waals surface area contributed by atoms with Crippen molar-refractivity contribution in [2.24, 2.45) is 0 Å². The van der Waals surface area contributed by atoms with Gasteiger partial charge in [-0.1, -0.05) is 18.2 Å². The number of benzene rings is 3. The summed E-state index contributed by atoms with van der Waals surface area (Å²) < 4.78 is 6.04. The molecule has 0 bridgehead atoms. The second-order valence-corrected chi connectivity index (χ2v) is 7.05. The molecule has 0 saturated heterocycles. The molecule has 0 aliphatic rings. The van der Waals surface area contributed by atoms with Crippen LogP contribution in [0.1, 0.15) is 5.56 Å². The number of rotatable bonds is 5. The highest BCUT2D eigenvalue weighted by molar-refractivity contribution is 5.85. The molecule has 0 atom stereocenters. The Kier molecular flexibility index (Phi) is 4.64. The van der Waals surface area contributed by atoms with E-state index in [1.54, 1.807) is 6.20 Å². The van der Waals surface area contributed by atoms with Crippen LogP contribution in [-0.4, -0.2) is 25.1 Å². The number of fused-ring (bicyclic) bond motifs is 1. The van der Waals surface area contributed by atoms with Gasteiger partial charge in [0.1, 0.15) is 11.5 Å². The Morgan fingerprint density at radius 2 is 1.81 bits per heavy atom. The second kappa shape index (κ2) is 7.75. The molecule has 0 unspecified atom stereocenters. The van der Waals surface area contributed by atoms with Crippen molar-refractivity contribution < 1.29 is 4.74 Å². The quantitative estimate of drug-likeness (QED) is 0.380. The maximum absolute atomic E-state index is 6.04. The summed E-state index contributed by atoms with van der Waals surface area (Å²) in [6.45, 7) is 2.04. The van der Waals surface area contributed by atoms with E-state index in [-0.39, 0.29) is 5.95 Å². The number of nitrogens with two attached hydrogens (primary N) is 1. The fourth-order valence-electron chi connectivity index (χ4n) is 3.24. The van der Waals surface area contributed by atoms with E-state index >= 15 is 0 Å². The molecular weight excluding hydrogens is 390 g/mol. The Balaban J connectivity index is 1.33. The van der Waals surface area contributed by atoms with Crippen molar-refractivity contribution in [2.45, 2.75) is 6.92 Å². The number of aryl methyl sites for hydroxylation is 1. The molecule has 4 N–H and O–H groups in total. The first-order chi connectivity index (χ1) is 15.1. The maximum atomic E-state index is 6.04. The fourth-order valence-corrected chi connectivity index (χ4v) is 3.24. The average Bonchev–Trinajstić information content (AvgIpc) is 3.23. The molecule has 0 fully saturated rings. The number of hydrogen-bond donors (Lipinski definition) is 3. The largest absolute Gasteiger partial charge is 0.457 e. The molecule has 3 aromatic carbocycles. The molecule has 8 nitrogen and oxygen atoms in total. The Morgan fingerprint density at radius 3 is 2.65 bits per heavy atom. The standard InChI is InChI=1S/C23H19N7O/c1-14-4-2-5-16(12-14)26-23-28-21(29-30-23)15-8-10-17(11-9-15)31-20-7-3-6-19-18(20)13-25-22(24)27-19/h2-13H,1H3,(H2,24,25,27)(H2,26,28,29,30). The third-order valence-corrected chi connectivity index (χ3v) is 4.72. The molecule has 152 valence electrons. The van der Waals surface area contributed by atoms with Gasteiger partial charge in [0, 0.05) is 17.4 Å². The fraction of sp³-hybridized carbons (Fsp3) is 0.0435. The number of H-pyrrole nitrogens is 1. The van der Waals surface area contributed by atoms with E-state index in [9.17, 15) is 0 Å². The van der Waals surface area contributed by atoms with Gasteiger partial charge in [0.15, 0.2) is 5.82 Å². The van der Waals surface area contributed by atoms with Crippen molar-refractivity contribution in [1.82, 2.24) is 25.1 Å². The zero-order valence-electron chi connectivity index (χ0n) is 16.7. The maximum Gasteiger partial charge on any atom is 0.246 e. The summed E-state index contributed by atoms with van der Waals surface area (Å²) in [4.78, 5) is 12.8.